The highest BCUT2D eigenvalue weighted by Gasteiger charge is 2.23. The van der Waals surface area contributed by atoms with Crippen LogP contribution in [0.2, 0.25) is 0 Å². The third-order valence-corrected chi connectivity index (χ3v) is 2.34. The van der Waals surface area contributed by atoms with E-state index in [1.807, 2.05) is 30.3 Å². The van der Waals surface area contributed by atoms with Crippen molar-refractivity contribution in [2.75, 3.05) is 0 Å². The van der Waals surface area contributed by atoms with Crippen LogP contribution >= 0.6 is 0 Å². The first-order valence-corrected chi connectivity index (χ1v) is 4.88. The van der Waals surface area contributed by atoms with Crippen molar-refractivity contribution in [1.29, 1.82) is 0 Å². The van der Waals surface area contributed by atoms with Gasteiger partial charge in [0, 0.05) is 12.5 Å². The van der Waals surface area contributed by atoms with Gasteiger partial charge in [0.1, 0.15) is 0 Å². The number of imide groups is 1. The molecule has 1 aliphatic rings. The maximum Gasteiger partial charge on any atom is 0.321 e. The summed E-state index contributed by atoms with van der Waals surface area (Å²) < 4.78 is 0. The van der Waals surface area contributed by atoms with E-state index in [9.17, 15) is 9.59 Å². The predicted octanol–water partition coefficient (Wildman–Crippen LogP) is 0.827. The molecule has 0 aliphatic carbocycles. The quantitative estimate of drug-likeness (QED) is 0.749. The molecule has 0 spiro atoms. The first-order chi connectivity index (χ1) is 7.24. The van der Waals surface area contributed by atoms with Gasteiger partial charge in [0.2, 0.25) is 5.91 Å². The van der Waals surface area contributed by atoms with Gasteiger partial charge in [0.05, 0.1) is 0 Å². The van der Waals surface area contributed by atoms with E-state index in [1.54, 1.807) is 0 Å². The van der Waals surface area contributed by atoms with E-state index in [2.05, 4.69) is 10.6 Å². The second kappa shape index (κ2) is 4.13. The SMILES string of the molecule is O=C1C[C@@H](Cc2ccccc2)NC(=O)N1. The molecule has 0 unspecified atom stereocenters. The van der Waals surface area contributed by atoms with Crippen LogP contribution in [0.1, 0.15) is 12.0 Å². The van der Waals surface area contributed by atoms with E-state index in [0.717, 1.165) is 5.56 Å². The van der Waals surface area contributed by atoms with Crippen LogP contribution in [0, 0.1) is 0 Å². The minimum absolute atomic E-state index is 0.0892. The highest BCUT2D eigenvalue weighted by Crippen LogP contribution is 2.07. The smallest absolute Gasteiger partial charge is 0.321 e. The van der Waals surface area contributed by atoms with Crippen LogP contribution in [0.25, 0.3) is 0 Å². The molecule has 1 aromatic rings. The van der Waals surface area contributed by atoms with Crippen LogP contribution < -0.4 is 10.6 Å². The van der Waals surface area contributed by atoms with E-state index in [1.165, 1.54) is 0 Å². The maximum absolute atomic E-state index is 11.1. The van der Waals surface area contributed by atoms with E-state index in [0.29, 0.717) is 12.8 Å². The van der Waals surface area contributed by atoms with Crippen LogP contribution in [-0.4, -0.2) is 18.0 Å². The van der Waals surface area contributed by atoms with Crippen molar-refractivity contribution in [1.82, 2.24) is 10.6 Å². The Balaban J connectivity index is 2.00. The molecule has 0 saturated carbocycles. The standard InChI is InChI=1S/C11H12N2O2/c14-10-7-9(12-11(15)13-10)6-8-4-2-1-3-5-8/h1-5,9H,6-7H2,(H2,12,13,14,15)/t9-/m1/s1. The number of carbonyl (C=O) groups is 2. The van der Waals surface area contributed by atoms with Crippen LogP contribution in [0.4, 0.5) is 4.79 Å². The van der Waals surface area contributed by atoms with E-state index >= 15 is 0 Å². The topological polar surface area (TPSA) is 58.2 Å². The molecule has 2 N–H and O–H groups in total. The number of hydrogen-bond donors (Lipinski definition) is 2. The maximum atomic E-state index is 11.1. The molecule has 1 aliphatic heterocycles. The lowest BCUT2D eigenvalue weighted by molar-refractivity contribution is -0.121. The molecule has 1 atom stereocenters. The van der Waals surface area contributed by atoms with Crippen molar-refractivity contribution < 1.29 is 9.59 Å². The molecule has 4 nitrogen and oxygen atoms in total. The highest BCUT2D eigenvalue weighted by molar-refractivity contribution is 5.97. The zero-order valence-electron chi connectivity index (χ0n) is 8.19. The summed E-state index contributed by atoms with van der Waals surface area (Å²) >= 11 is 0. The molecule has 1 heterocycles. The third-order valence-electron chi connectivity index (χ3n) is 2.34. The van der Waals surface area contributed by atoms with Crippen molar-refractivity contribution in [2.45, 2.75) is 18.9 Å². The Morgan fingerprint density at radius 1 is 1.20 bits per heavy atom. The van der Waals surface area contributed by atoms with E-state index < -0.39 is 6.03 Å². The average molecular weight is 204 g/mol. The summed E-state index contributed by atoms with van der Waals surface area (Å²) in [5, 5.41) is 4.93. The van der Waals surface area contributed by atoms with Crippen molar-refractivity contribution in [3.63, 3.8) is 0 Å². The summed E-state index contributed by atoms with van der Waals surface area (Å²) in [5.74, 6) is -0.209. The van der Waals surface area contributed by atoms with Crippen molar-refractivity contribution in [2.24, 2.45) is 0 Å². The molecule has 1 aromatic carbocycles. The van der Waals surface area contributed by atoms with Gasteiger partial charge in [-0.3, -0.25) is 10.1 Å². The number of hydrogen-bond acceptors (Lipinski definition) is 2. The number of benzene rings is 1. The largest absolute Gasteiger partial charge is 0.334 e. The van der Waals surface area contributed by atoms with Gasteiger partial charge >= 0.3 is 6.03 Å². The van der Waals surface area contributed by atoms with Crippen molar-refractivity contribution in [3.8, 4) is 0 Å². The Morgan fingerprint density at radius 2 is 1.93 bits per heavy atom. The molecule has 0 bridgehead atoms. The fraction of sp³-hybridized carbons (Fsp3) is 0.273. The number of rotatable bonds is 2. The molecule has 2 rings (SSSR count). The summed E-state index contributed by atoms with van der Waals surface area (Å²) in [6.07, 6.45) is 1.04. The molecule has 0 aromatic heterocycles. The molecule has 15 heavy (non-hydrogen) atoms. The normalized spacial score (nSPS) is 20.7. The predicted molar refractivity (Wildman–Crippen MR) is 55.2 cm³/mol. The minimum Gasteiger partial charge on any atom is -0.334 e. The van der Waals surface area contributed by atoms with Gasteiger partial charge in [0.15, 0.2) is 0 Å². The fourth-order valence-corrected chi connectivity index (χ4v) is 1.70. The summed E-state index contributed by atoms with van der Waals surface area (Å²) in [6.45, 7) is 0. The van der Waals surface area contributed by atoms with Gasteiger partial charge < -0.3 is 5.32 Å². The first kappa shape index (κ1) is 9.71. The van der Waals surface area contributed by atoms with Crippen molar-refractivity contribution >= 4 is 11.9 Å². The number of carbonyl (C=O) groups excluding carboxylic acids is 2. The Bertz CT molecular complexity index is 359. The lowest BCUT2D eigenvalue weighted by atomic mass is 10.0. The summed E-state index contributed by atoms with van der Waals surface area (Å²) in [6, 6.07) is 9.31. The van der Waals surface area contributed by atoms with Gasteiger partial charge in [0.25, 0.3) is 0 Å². The minimum atomic E-state index is -0.396. The van der Waals surface area contributed by atoms with Crippen LogP contribution in [0.15, 0.2) is 30.3 Å². The Hall–Kier alpha value is -1.84. The Morgan fingerprint density at radius 3 is 2.60 bits per heavy atom. The highest BCUT2D eigenvalue weighted by atomic mass is 16.2. The molecule has 4 heteroatoms. The van der Waals surface area contributed by atoms with E-state index in [-0.39, 0.29) is 11.9 Å². The molecular weight excluding hydrogens is 192 g/mol. The molecule has 78 valence electrons. The summed E-state index contributed by atoms with van der Waals surface area (Å²) in [5.41, 5.74) is 1.12. The monoisotopic (exact) mass is 204 g/mol. The Labute approximate surface area is 87.7 Å². The number of nitrogens with one attached hydrogen (secondary N) is 2. The van der Waals surface area contributed by atoms with Gasteiger partial charge in [-0.05, 0) is 12.0 Å². The lowest BCUT2D eigenvalue weighted by Crippen LogP contribution is -2.52. The van der Waals surface area contributed by atoms with Gasteiger partial charge in [-0.25, -0.2) is 4.79 Å². The van der Waals surface area contributed by atoms with Crippen LogP contribution in [0.3, 0.4) is 0 Å². The summed E-state index contributed by atoms with van der Waals surface area (Å²) in [4.78, 5) is 22.1. The zero-order chi connectivity index (χ0) is 10.7. The second-order valence-corrected chi connectivity index (χ2v) is 3.61. The second-order valence-electron chi connectivity index (χ2n) is 3.61. The number of amides is 3. The van der Waals surface area contributed by atoms with E-state index in [4.69, 9.17) is 0 Å². The lowest BCUT2D eigenvalue weighted by Gasteiger charge is -2.22. The van der Waals surface area contributed by atoms with Crippen LogP contribution in [0.5, 0.6) is 0 Å². The molecule has 3 amide bonds. The molecule has 0 radical (unpaired) electrons. The number of urea groups is 1. The molecule has 1 fully saturated rings. The summed E-state index contributed by atoms with van der Waals surface area (Å²) in [7, 11) is 0. The zero-order valence-corrected chi connectivity index (χ0v) is 8.19. The third kappa shape index (κ3) is 2.56. The van der Waals surface area contributed by atoms with Gasteiger partial charge in [-0.2, -0.15) is 0 Å². The molecular formula is C11H12N2O2. The average Bonchev–Trinajstić information content (AvgIpc) is 2.17. The first-order valence-electron chi connectivity index (χ1n) is 4.88. The van der Waals surface area contributed by atoms with Gasteiger partial charge in [-0.1, -0.05) is 30.3 Å². The fourth-order valence-electron chi connectivity index (χ4n) is 1.70. The van der Waals surface area contributed by atoms with Crippen LogP contribution in [-0.2, 0) is 11.2 Å². The van der Waals surface area contributed by atoms with Gasteiger partial charge in [-0.15, -0.1) is 0 Å². The Kier molecular flexibility index (Phi) is 2.67. The molecule has 1 saturated heterocycles. The van der Waals surface area contributed by atoms with Crippen molar-refractivity contribution in [3.05, 3.63) is 35.9 Å².